The molecule has 0 aliphatic rings. The molecule has 0 saturated heterocycles. The van der Waals surface area contributed by atoms with E-state index in [0.717, 1.165) is 11.0 Å². The summed E-state index contributed by atoms with van der Waals surface area (Å²) in [5, 5.41) is 15.0. The first kappa shape index (κ1) is 22.3. The van der Waals surface area contributed by atoms with Crippen LogP contribution >= 0.6 is 11.6 Å². The number of rotatable bonds is 7. The van der Waals surface area contributed by atoms with Crippen molar-refractivity contribution in [2.45, 2.75) is 26.0 Å². The smallest absolute Gasteiger partial charge is 0.328 e. The largest absolute Gasteiger partial charge is 0.382 e. The summed E-state index contributed by atoms with van der Waals surface area (Å²) in [5.74, 6) is -0.422. The number of aromatic nitrogens is 3. The summed E-state index contributed by atoms with van der Waals surface area (Å²) in [4.78, 5) is 28.7. The van der Waals surface area contributed by atoms with Gasteiger partial charge >= 0.3 is 5.69 Å². The van der Waals surface area contributed by atoms with Crippen LogP contribution in [0.2, 0.25) is 5.15 Å². The lowest BCUT2D eigenvalue weighted by Gasteiger charge is -2.12. The lowest BCUT2D eigenvalue weighted by Crippen LogP contribution is -2.24. The van der Waals surface area contributed by atoms with Gasteiger partial charge in [0, 0.05) is 33.4 Å². The number of hydrogen-bond donors (Lipinski definition) is 2. The van der Waals surface area contributed by atoms with Crippen LogP contribution in [0.4, 0.5) is 11.4 Å². The summed E-state index contributed by atoms with van der Waals surface area (Å²) in [6.07, 6.45) is 0.699. The van der Waals surface area contributed by atoms with Gasteiger partial charge in [0.2, 0.25) is 0 Å². The number of halogens is 1. The minimum atomic E-state index is -0.422. The van der Waals surface area contributed by atoms with Gasteiger partial charge in [-0.1, -0.05) is 11.6 Å². The van der Waals surface area contributed by atoms with Gasteiger partial charge < -0.3 is 15.4 Å². The number of aryl methyl sites for hydroxylation is 2. The number of carbonyl (C=O) groups excluding carboxylic acids is 1. The molecule has 10 heteroatoms. The SMILES string of the molecule is CNC(=O)c1cc(Nc2ccc3c(c2)n(CCC(C)OC)c(=O)n3C)c(C#N)c(Cl)n1. The lowest BCUT2D eigenvalue weighted by molar-refractivity contribution is 0.0958. The molecule has 0 spiro atoms. The van der Waals surface area contributed by atoms with E-state index >= 15 is 0 Å². The normalized spacial score (nSPS) is 11.9. The number of hydrogen-bond acceptors (Lipinski definition) is 6. The van der Waals surface area contributed by atoms with E-state index in [-0.39, 0.29) is 28.2 Å². The number of imidazole rings is 1. The number of benzene rings is 1. The van der Waals surface area contributed by atoms with E-state index < -0.39 is 5.91 Å². The first-order chi connectivity index (χ1) is 14.8. The molecule has 9 nitrogen and oxygen atoms in total. The van der Waals surface area contributed by atoms with Gasteiger partial charge in [0.25, 0.3) is 5.91 Å². The van der Waals surface area contributed by atoms with E-state index in [1.165, 1.54) is 13.1 Å². The first-order valence-electron chi connectivity index (χ1n) is 9.62. The quantitative estimate of drug-likeness (QED) is 0.544. The molecule has 0 aliphatic carbocycles. The van der Waals surface area contributed by atoms with Crippen molar-refractivity contribution in [2.24, 2.45) is 7.05 Å². The third kappa shape index (κ3) is 4.40. The number of nitrogens with one attached hydrogen (secondary N) is 2. The van der Waals surface area contributed by atoms with Crippen LogP contribution < -0.4 is 16.3 Å². The molecule has 1 atom stereocenters. The number of fused-ring (bicyclic) bond motifs is 1. The average Bonchev–Trinajstić information content (AvgIpc) is 3.00. The van der Waals surface area contributed by atoms with Crippen molar-refractivity contribution >= 4 is 39.9 Å². The number of nitrogens with zero attached hydrogens (tertiary/aromatic N) is 4. The molecule has 0 saturated carbocycles. The standard InChI is InChI=1S/C21H23ClN6O3/c1-12(31-4)7-8-28-18-9-13(5-6-17(18)27(3)21(28)30)25-15-10-16(20(29)24-2)26-19(22)14(15)11-23/h5-6,9-10,12H,7-8H2,1-4H3,(H,24,29)(H,25,26). The summed E-state index contributed by atoms with van der Waals surface area (Å²) >= 11 is 6.12. The summed E-state index contributed by atoms with van der Waals surface area (Å²) < 4.78 is 8.57. The zero-order valence-corrected chi connectivity index (χ0v) is 18.4. The molecule has 162 valence electrons. The molecule has 1 unspecified atom stereocenters. The number of amides is 1. The molecule has 1 aromatic carbocycles. The van der Waals surface area contributed by atoms with Crippen molar-refractivity contribution in [3.8, 4) is 6.07 Å². The van der Waals surface area contributed by atoms with E-state index in [4.69, 9.17) is 16.3 Å². The molecule has 3 rings (SSSR count). The number of ether oxygens (including phenoxy) is 1. The van der Waals surface area contributed by atoms with Gasteiger partial charge in [-0.2, -0.15) is 5.26 Å². The van der Waals surface area contributed by atoms with Gasteiger partial charge in [-0.05, 0) is 37.6 Å². The molecule has 0 radical (unpaired) electrons. The predicted molar refractivity (Wildman–Crippen MR) is 119 cm³/mol. The fraction of sp³-hybridized carbons (Fsp3) is 0.333. The molecule has 31 heavy (non-hydrogen) atoms. The number of nitriles is 1. The van der Waals surface area contributed by atoms with Crippen LogP contribution in [-0.4, -0.2) is 40.3 Å². The maximum atomic E-state index is 12.7. The third-order valence-corrected chi connectivity index (χ3v) is 5.41. The Kier molecular flexibility index (Phi) is 6.63. The fourth-order valence-electron chi connectivity index (χ4n) is 3.25. The Bertz CT molecular complexity index is 1240. The first-order valence-corrected chi connectivity index (χ1v) is 10.00. The van der Waals surface area contributed by atoms with Gasteiger partial charge in [-0.15, -0.1) is 0 Å². The van der Waals surface area contributed by atoms with Crippen LogP contribution in [0.3, 0.4) is 0 Å². The topological polar surface area (TPSA) is 114 Å². The van der Waals surface area contributed by atoms with E-state index in [2.05, 4.69) is 15.6 Å². The zero-order chi connectivity index (χ0) is 22.7. The van der Waals surface area contributed by atoms with Crippen LogP contribution in [0.25, 0.3) is 11.0 Å². The highest BCUT2D eigenvalue weighted by Gasteiger charge is 2.17. The Hall–Kier alpha value is -3.35. The van der Waals surface area contributed by atoms with E-state index in [0.29, 0.717) is 24.3 Å². The van der Waals surface area contributed by atoms with Crippen molar-refractivity contribution in [2.75, 3.05) is 19.5 Å². The Morgan fingerprint density at radius 3 is 2.74 bits per heavy atom. The number of carbonyl (C=O) groups is 1. The van der Waals surface area contributed by atoms with Gasteiger partial charge in [-0.3, -0.25) is 13.9 Å². The molecular formula is C21H23ClN6O3. The molecule has 0 fully saturated rings. The van der Waals surface area contributed by atoms with E-state index in [1.807, 2.05) is 25.1 Å². The van der Waals surface area contributed by atoms with Gasteiger partial charge in [-0.25, -0.2) is 9.78 Å². The van der Waals surface area contributed by atoms with E-state index in [9.17, 15) is 14.9 Å². The molecule has 2 aromatic heterocycles. The maximum Gasteiger partial charge on any atom is 0.328 e. The molecule has 0 aliphatic heterocycles. The Morgan fingerprint density at radius 1 is 1.35 bits per heavy atom. The summed E-state index contributed by atoms with van der Waals surface area (Å²) in [5.41, 5.74) is 2.58. The second-order valence-corrected chi connectivity index (χ2v) is 7.43. The molecule has 2 heterocycles. The van der Waals surface area contributed by atoms with Crippen molar-refractivity contribution in [1.82, 2.24) is 19.4 Å². The van der Waals surface area contributed by atoms with Crippen molar-refractivity contribution in [1.29, 1.82) is 5.26 Å². The highest BCUT2D eigenvalue weighted by Crippen LogP contribution is 2.28. The average molecular weight is 443 g/mol. The van der Waals surface area contributed by atoms with Crippen LogP contribution in [-0.2, 0) is 18.3 Å². The maximum absolute atomic E-state index is 12.7. The number of methoxy groups -OCH3 is 1. The highest BCUT2D eigenvalue weighted by molar-refractivity contribution is 6.31. The minimum absolute atomic E-state index is 0.0174. The fourth-order valence-corrected chi connectivity index (χ4v) is 3.49. The molecule has 3 aromatic rings. The second-order valence-electron chi connectivity index (χ2n) is 7.07. The predicted octanol–water partition coefficient (Wildman–Crippen LogP) is 2.79. The zero-order valence-electron chi connectivity index (χ0n) is 17.7. The third-order valence-electron chi connectivity index (χ3n) is 5.13. The number of pyridine rings is 1. The van der Waals surface area contributed by atoms with Crippen molar-refractivity contribution in [3.63, 3.8) is 0 Å². The van der Waals surface area contributed by atoms with Crippen molar-refractivity contribution < 1.29 is 9.53 Å². The lowest BCUT2D eigenvalue weighted by atomic mass is 10.2. The second kappa shape index (κ2) is 9.20. The molecule has 0 bridgehead atoms. The van der Waals surface area contributed by atoms with Gasteiger partial charge in [0.05, 0.1) is 22.8 Å². The summed E-state index contributed by atoms with van der Waals surface area (Å²) in [7, 11) is 4.84. The van der Waals surface area contributed by atoms with Crippen molar-refractivity contribution in [3.05, 3.63) is 51.2 Å². The Balaban J connectivity index is 2.05. The van der Waals surface area contributed by atoms with E-state index in [1.54, 1.807) is 29.4 Å². The van der Waals surface area contributed by atoms with Crippen LogP contribution in [0, 0.1) is 11.3 Å². The minimum Gasteiger partial charge on any atom is -0.382 e. The summed E-state index contributed by atoms with van der Waals surface area (Å²) in [6.45, 7) is 2.45. The highest BCUT2D eigenvalue weighted by atomic mass is 35.5. The van der Waals surface area contributed by atoms with Crippen LogP contribution in [0.5, 0.6) is 0 Å². The molecular weight excluding hydrogens is 420 g/mol. The molecule has 1 amide bonds. The monoisotopic (exact) mass is 442 g/mol. The van der Waals surface area contributed by atoms with Crippen LogP contribution in [0.1, 0.15) is 29.4 Å². The van der Waals surface area contributed by atoms with Gasteiger partial charge in [0.15, 0.2) is 0 Å². The molecule has 2 N–H and O–H groups in total. The van der Waals surface area contributed by atoms with Gasteiger partial charge in [0.1, 0.15) is 22.5 Å². The number of anilines is 2. The summed E-state index contributed by atoms with van der Waals surface area (Å²) in [6, 6.07) is 8.91. The Labute approximate surface area is 184 Å². The Morgan fingerprint density at radius 2 is 2.10 bits per heavy atom. The van der Waals surface area contributed by atoms with Crippen LogP contribution in [0.15, 0.2) is 29.1 Å².